The monoisotopic (exact) mass is 649 g/mol. The molecule has 1 unspecified atom stereocenters. The molecule has 2 aliphatic rings. The maximum atomic E-state index is 13.6. The molecule has 0 bridgehead atoms. The summed E-state index contributed by atoms with van der Waals surface area (Å²) in [5, 5.41) is 5.03. The second-order valence-electron chi connectivity index (χ2n) is 10.7. The molecule has 2 N–H and O–H groups in total. The second-order valence-corrected chi connectivity index (χ2v) is 12.1. The molecule has 0 saturated carbocycles. The molecule has 1 saturated heterocycles. The largest absolute Gasteiger partial charge is 0.647 e. The second kappa shape index (κ2) is 13.6. The maximum Gasteiger partial charge on any atom is 0.647 e. The first-order valence-electron chi connectivity index (χ1n) is 14.7. The van der Waals surface area contributed by atoms with Crippen LogP contribution in [0.3, 0.4) is 0 Å². The minimum absolute atomic E-state index is 0.179. The summed E-state index contributed by atoms with van der Waals surface area (Å²) in [4.78, 5) is 50.6. The van der Waals surface area contributed by atoms with Crippen LogP contribution in [0, 0.1) is 11.8 Å². The number of benzene rings is 4. The molecular weight excluding hydrogens is 621 g/mol. The Labute approximate surface area is 270 Å². The Morgan fingerprint density at radius 1 is 0.851 bits per heavy atom. The van der Waals surface area contributed by atoms with Crippen molar-refractivity contribution in [3.63, 3.8) is 0 Å². The standard InChI is InChI=1S/C35H28N3O8P/c39-32(36-22-25-13-17-30-26(21-25)23-38(35(30)42)31-18-20-33(40)37-34(31)41)19-14-24-11-15-29(16-12-24)46-47(43,44-27-7-3-1-4-8-27)45-28-9-5-2-6-10-28/h1-13,15-17,21,31H,18,20,22-23H2,(H,36,39)(H,37,40,41). The summed E-state index contributed by atoms with van der Waals surface area (Å²) in [6.45, 7) is 0.423. The van der Waals surface area contributed by atoms with Gasteiger partial charge < -0.3 is 23.8 Å². The zero-order chi connectivity index (χ0) is 32.8. The molecule has 12 heteroatoms. The van der Waals surface area contributed by atoms with Gasteiger partial charge >= 0.3 is 7.82 Å². The van der Waals surface area contributed by atoms with Crippen LogP contribution in [0.5, 0.6) is 17.2 Å². The van der Waals surface area contributed by atoms with Crippen LogP contribution in [-0.2, 0) is 32.0 Å². The lowest BCUT2D eigenvalue weighted by Crippen LogP contribution is -2.52. The zero-order valence-electron chi connectivity index (χ0n) is 24.9. The Kier molecular flexibility index (Phi) is 9.04. The molecule has 4 amide bonds. The fraction of sp³-hybridized carbons (Fsp3) is 0.143. The first-order valence-corrected chi connectivity index (χ1v) is 16.2. The van der Waals surface area contributed by atoms with Crippen molar-refractivity contribution in [3.05, 3.63) is 125 Å². The first kappa shape index (κ1) is 31.1. The van der Waals surface area contributed by atoms with Gasteiger partial charge in [-0.3, -0.25) is 24.5 Å². The van der Waals surface area contributed by atoms with Gasteiger partial charge in [0.2, 0.25) is 11.8 Å². The van der Waals surface area contributed by atoms with E-state index in [1.165, 1.54) is 4.90 Å². The van der Waals surface area contributed by atoms with Gasteiger partial charge in [0.25, 0.3) is 11.8 Å². The van der Waals surface area contributed by atoms with Crippen molar-refractivity contribution in [1.82, 2.24) is 15.5 Å². The highest BCUT2D eigenvalue weighted by Gasteiger charge is 2.39. The van der Waals surface area contributed by atoms with Gasteiger partial charge in [-0.15, -0.1) is 0 Å². The summed E-state index contributed by atoms with van der Waals surface area (Å²) in [6, 6.07) is 27.9. The van der Waals surface area contributed by atoms with Crippen LogP contribution in [0.1, 0.15) is 39.9 Å². The number of piperidine rings is 1. The van der Waals surface area contributed by atoms with E-state index in [-0.39, 0.29) is 43.5 Å². The smallest absolute Gasteiger partial charge is 0.386 e. The van der Waals surface area contributed by atoms with Crippen LogP contribution in [0.25, 0.3) is 0 Å². The van der Waals surface area contributed by atoms with Gasteiger partial charge in [-0.2, -0.15) is 4.57 Å². The Morgan fingerprint density at radius 3 is 2.09 bits per heavy atom. The lowest BCUT2D eigenvalue weighted by Gasteiger charge is -2.29. The van der Waals surface area contributed by atoms with Crippen LogP contribution in [-0.4, -0.2) is 34.6 Å². The number of hydrogen-bond donors (Lipinski definition) is 2. The highest BCUT2D eigenvalue weighted by molar-refractivity contribution is 7.49. The van der Waals surface area contributed by atoms with Crippen LogP contribution < -0.4 is 24.2 Å². The number of nitrogens with zero attached hydrogens (tertiary/aromatic N) is 1. The molecule has 4 aromatic rings. The number of phosphoric acid groups is 1. The number of phosphoric ester groups is 1. The summed E-state index contributed by atoms with van der Waals surface area (Å²) >= 11 is 0. The fourth-order valence-electron chi connectivity index (χ4n) is 5.10. The number of hydrogen-bond acceptors (Lipinski definition) is 8. The molecule has 0 aromatic heterocycles. The van der Waals surface area contributed by atoms with E-state index in [9.17, 15) is 23.7 Å². The van der Waals surface area contributed by atoms with Crippen LogP contribution in [0.15, 0.2) is 103 Å². The topological polar surface area (TPSA) is 140 Å². The van der Waals surface area contributed by atoms with Crippen LogP contribution in [0.2, 0.25) is 0 Å². The predicted molar refractivity (Wildman–Crippen MR) is 170 cm³/mol. The fourth-order valence-corrected chi connectivity index (χ4v) is 6.35. The summed E-state index contributed by atoms with van der Waals surface area (Å²) in [5.41, 5.74) is 2.51. The Bertz CT molecular complexity index is 1890. The van der Waals surface area contributed by atoms with Gasteiger partial charge in [0.15, 0.2) is 0 Å². The summed E-state index contributed by atoms with van der Waals surface area (Å²) in [7, 11) is -4.15. The van der Waals surface area contributed by atoms with Crippen molar-refractivity contribution in [3.8, 4) is 29.1 Å². The van der Waals surface area contributed by atoms with Crippen molar-refractivity contribution in [2.75, 3.05) is 0 Å². The van der Waals surface area contributed by atoms with Crippen molar-refractivity contribution in [2.45, 2.75) is 32.0 Å². The Hall–Kier alpha value is -5.85. The van der Waals surface area contributed by atoms with Gasteiger partial charge in [-0.05, 0) is 72.1 Å². The third-order valence-electron chi connectivity index (χ3n) is 7.35. The van der Waals surface area contributed by atoms with Crippen molar-refractivity contribution in [2.24, 2.45) is 0 Å². The van der Waals surface area contributed by atoms with Gasteiger partial charge in [0, 0.05) is 36.6 Å². The lowest BCUT2D eigenvalue weighted by atomic mass is 10.0. The number of carbonyl (C=O) groups is 4. The van der Waals surface area contributed by atoms with Crippen molar-refractivity contribution in [1.29, 1.82) is 0 Å². The molecule has 0 spiro atoms. The Balaban J connectivity index is 1.05. The summed E-state index contributed by atoms with van der Waals surface area (Å²) < 4.78 is 30.6. The van der Waals surface area contributed by atoms with Gasteiger partial charge in [0.1, 0.15) is 23.3 Å². The molecular formula is C35H28N3O8P. The highest BCUT2D eigenvalue weighted by atomic mass is 31.2. The molecule has 47 heavy (non-hydrogen) atoms. The van der Waals surface area contributed by atoms with Crippen molar-refractivity contribution < 1.29 is 37.3 Å². The van der Waals surface area contributed by atoms with Gasteiger partial charge in [0.05, 0.1) is 0 Å². The highest BCUT2D eigenvalue weighted by Crippen LogP contribution is 2.49. The van der Waals surface area contributed by atoms with E-state index < -0.39 is 25.7 Å². The van der Waals surface area contributed by atoms with Gasteiger partial charge in [-0.25, -0.2) is 0 Å². The van der Waals surface area contributed by atoms with E-state index in [0.29, 0.717) is 22.6 Å². The molecule has 2 aliphatic heterocycles. The molecule has 11 nitrogen and oxygen atoms in total. The minimum atomic E-state index is -4.15. The molecule has 0 radical (unpaired) electrons. The zero-order valence-corrected chi connectivity index (χ0v) is 25.8. The van der Waals surface area contributed by atoms with Crippen LogP contribution in [0.4, 0.5) is 0 Å². The average molecular weight is 650 g/mol. The van der Waals surface area contributed by atoms with E-state index in [1.807, 2.05) is 6.07 Å². The molecule has 1 fully saturated rings. The minimum Gasteiger partial charge on any atom is -0.386 e. The average Bonchev–Trinajstić information content (AvgIpc) is 3.39. The van der Waals surface area contributed by atoms with Crippen LogP contribution >= 0.6 is 7.82 Å². The normalized spacial score (nSPS) is 15.5. The molecule has 4 aromatic carbocycles. The van der Waals surface area contributed by atoms with E-state index >= 15 is 0 Å². The summed E-state index contributed by atoms with van der Waals surface area (Å²) in [5.74, 6) is 4.57. The van der Waals surface area contributed by atoms with E-state index in [0.717, 1.165) is 11.1 Å². The van der Waals surface area contributed by atoms with E-state index in [1.54, 1.807) is 97.1 Å². The number of rotatable bonds is 9. The molecule has 1 atom stereocenters. The molecule has 236 valence electrons. The number of para-hydroxylation sites is 2. The third-order valence-corrected chi connectivity index (χ3v) is 8.66. The Morgan fingerprint density at radius 2 is 1.47 bits per heavy atom. The number of amides is 4. The van der Waals surface area contributed by atoms with Gasteiger partial charge in [-0.1, -0.05) is 54.5 Å². The maximum absolute atomic E-state index is 13.6. The van der Waals surface area contributed by atoms with E-state index in [2.05, 4.69) is 22.5 Å². The quantitative estimate of drug-likeness (QED) is 0.150. The number of fused-ring (bicyclic) bond motifs is 1. The SMILES string of the molecule is O=C(C#Cc1ccc(OP(=O)(Oc2ccccc2)Oc2ccccc2)cc1)NCc1ccc2c(c1)CN(C1CCC(=O)NC1=O)C2=O. The summed E-state index contributed by atoms with van der Waals surface area (Å²) in [6.07, 6.45) is 0.468. The predicted octanol–water partition coefficient (Wildman–Crippen LogP) is 4.76. The number of carbonyl (C=O) groups excluding carboxylic acids is 4. The number of imide groups is 1. The third kappa shape index (κ3) is 7.69. The molecule has 2 heterocycles. The lowest BCUT2D eigenvalue weighted by molar-refractivity contribution is -0.137. The molecule has 0 aliphatic carbocycles. The first-order chi connectivity index (χ1) is 22.7. The molecule has 6 rings (SSSR count). The van der Waals surface area contributed by atoms with E-state index in [4.69, 9.17) is 13.6 Å². The van der Waals surface area contributed by atoms with Crippen molar-refractivity contribution >= 4 is 31.5 Å². The number of nitrogens with one attached hydrogen (secondary N) is 2.